The predicted octanol–water partition coefficient (Wildman–Crippen LogP) is 3.64. The maximum atomic E-state index is 14.1. The van der Waals surface area contributed by atoms with Crippen LogP contribution in [0.1, 0.15) is 16.7 Å². The van der Waals surface area contributed by atoms with E-state index in [2.05, 4.69) is 16.1 Å². The van der Waals surface area contributed by atoms with Gasteiger partial charge in [-0.3, -0.25) is 4.79 Å². The van der Waals surface area contributed by atoms with Crippen molar-refractivity contribution < 1.29 is 17.6 Å². The number of nitrogens with one attached hydrogen (secondary N) is 2. The molecule has 0 radical (unpaired) electrons. The molecule has 1 unspecified atom stereocenters. The first-order valence-corrected chi connectivity index (χ1v) is 13.2. The smallest absolute Gasteiger partial charge is 0.244 e. The number of amides is 1. The number of hydrogen-bond donors (Lipinski definition) is 2. The van der Waals surface area contributed by atoms with Crippen molar-refractivity contribution in [3.8, 4) is 6.07 Å². The number of nitrogens with zero attached hydrogens (tertiary/aromatic N) is 1. The highest BCUT2D eigenvalue weighted by Crippen LogP contribution is 2.16. The summed E-state index contributed by atoms with van der Waals surface area (Å²) in [5.41, 5.74) is 2.30. The van der Waals surface area contributed by atoms with Crippen molar-refractivity contribution in [1.82, 2.24) is 10.0 Å². The lowest BCUT2D eigenvalue weighted by atomic mass is 10.1. The van der Waals surface area contributed by atoms with Crippen molar-refractivity contribution in [1.29, 1.82) is 5.26 Å². The molecule has 34 heavy (non-hydrogen) atoms. The minimum atomic E-state index is -4.26. The largest absolute Gasteiger partial charge is 0.354 e. The van der Waals surface area contributed by atoms with Gasteiger partial charge in [0.05, 0.1) is 11.6 Å². The summed E-state index contributed by atoms with van der Waals surface area (Å²) in [6.07, 6.45) is 0.114. The second kappa shape index (κ2) is 12.3. The number of carbonyl (C=O) groups excluding carboxylic acids is 1. The quantitative estimate of drug-likeness (QED) is 0.394. The van der Waals surface area contributed by atoms with Gasteiger partial charge in [-0.25, -0.2) is 12.8 Å². The van der Waals surface area contributed by atoms with Crippen molar-refractivity contribution in [2.24, 2.45) is 0 Å². The molecule has 1 atom stereocenters. The highest BCUT2D eigenvalue weighted by Gasteiger charge is 2.27. The van der Waals surface area contributed by atoms with Crippen molar-refractivity contribution in [3.63, 3.8) is 0 Å². The van der Waals surface area contributed by atoms with Crippen LogP contribution in [0.25, 0.3) is 0 Å². The predicted molar refractivity (Wildman–Crippen MR) is 131 cm³/mol. The highest BCUT2D eigenvalue weighted by atomic mass is 32.2. The van der Waals surface area contributed by atoms with Crippen LogP contribution in [0.2, 0.25) is 0 Å². The lowest BCUT2D eigenvalue weighted by Gasteiger charge is -2.19. The second-order valence-corrected chi connectivity index (χ2v) is 10.2. The molecule has 0 aliphatic carbocycles. The molecule has 3 aromatic carbocycles. The third-order valence-corrected chi connectivity index (χ3v) is 7.48. The zero-order chi connectivity index (χ0) is 24.4. The number of thioether (sulfide) groups is 1. The van der Waals surface area contributed by atoms with Gasteiger partial charge in [0.1, 0.15) is 16.8 Å². The van der Waals surface area contributed by atoms with Crippen LogP contribution >= 0.6 is 11.8 Å². The van der Waals surface area contributed by atoms with E-state index in [4.69, 9.17) is 0 Å². The summed E-state index contributed by atoms with van der Waals surface area (Å²) in [6.45, 7) is 0.310. The summed E-state index contributed by atoms with van der Waals surface area (Å²) >= 11 is 1.55. The first-order chi connectivity index (χ1) is 16.4. The summed E-state index contributed by atoms with van der Waals surface area (Å²) in [6, 6.07) is 22.4. The van der Waals surface area contributed by atoms with E-state index < -0.39 is 32.7 Å². The standard InChI is InChI=1S/C25H24FN3O3S2/c26-22-12-6-7-13-24(22)34(31,32)29-23(16-19-8-2-1-3-9-19)25(30)28-14-15-33-18-21-11-5-4-10-20(21)17-27/h1-13,23,29H,14-16,18H2,(H,28,30). The van der Waals surface area contributed by atoms with Crippen LogP contribution in [0, 0.1) is 17.1 Å². The molecule has 0 aliphatic rings. The second-order valence-electron chi connectivity index (χ2n) is 7.41. The van der Waals surface area contributed by atoms with Crippen molar-refractivity contribution in [2.45, 2.75) is 23.1 Å². The molecule has 3 rings (SSSR count). The number of carbonyl (C=O) groups is 1. The van der Waals surface area contributed by atoms with Gasteiger partial charge in [-0.2, -0.15) is 21.7 Å². The molecule has 6 nitrogen and oxygen atoms in total. The topological polar surface area (TPSA) is 99.1 Å². The first kappa shape index (κ1) is 25.4. The van der Waals surface area contributed by atoms with E-state index in [9.17, 15) is 22.9 Å². The Balaban J connectivity index is 1.63. The minimum Gasteiger partial charge on any atom is -0.354 e. The molecule has 0 spiro atoms. The molecule has 0 aromatic heterocycles. The fourth-order valence-electron chi connectivity index (χ4n) is 3.26. The Morgan fingerprint density at radius 2 is 1.68 bits per heavy atom. The molecule has 0 heterocycles. The third kappa shape index (κ3) is 7.15. The fraction of sp³-hybridized carbons (Fsp3) is 0.200. The Morgan fingerprint density at radius 3 is 2.41 bits per heavy atom. The Kier molecular flexibility index (Phi) is 9.22. The van der Waals surface area contributed by atoms with Crippen molar-refractivity contribution in [3.05, 3.63) is 101 Å². The summed E-state index contributed by atoms with van der Waals surface area (Å²) < 4.78 is 42.0. The van der Waals surface area contributed by atoms with Crippen molar-refractivity contribution in [2.75, 3.05) is 12.3 Å². The maximum Gasteiger partial charge on any atom is 0.244 e. The van der Waals surface area contributed by atoms with Crippen LogP contribution in [0.4, 0.5) is 4.39 Å². The molecule has 3 aromatic rings. The lowest BCUT2D eigenvalue weighted by molar-refractivity contribution is -0.122. The Labute approximate surface area is 203 Å². The Morgan fingerprint density at radius 1 is 1.00 bits per heavy atom. The van der Waals surface area contributed by atoms with Crippen LogP contribution in [0.3, 0.4) is 0 Å². The number of benzene rings is 3. The number of nitriles is 1. The molecule has 1 amide bonds. The minimum absolute atomic E-state index is 0.114. The molecule has 0 fully saturated rings. The fourth-order valence-corrected chi connectivity index (χ4v) is 5.39. The van der Waals surface area contributed by atoms with Gasteiger partial charge in [0.15, 0.2) is 0 Å². The van der Waals surface area contributed by atoms with Gasteiger partial charge >= 0.3 is 0 Å². The van der Waals surface area contributed by atoms with Gasteiger partial charge in [0.2, 0.25) is 15.9 Å². The molecule has 176 valence electrons. The van der Waals surface area contributed by atoms with Gasteiger partial charge in [-0.15, -0.1) is 0 Å². The van der Waals surface area contributed by atoms with Gasteiger partial charge < -0.3 is 5.32 Å². The summed E-state index contributed by atoms with van der Waals surface area (Å²) in [5.74, 6) is -0.193. The molecule has 0 aliphatic heterocycles. The maximum absolute atomic E-state index is 14.1. The molecule has 2 N–H and O–H groups in total. The molecular weight excluding hydrogens is 473 g/mol. The first-order valence-electron chi connectivity index (χ1n) is 10.5. The van der Waals surface area contributed by atoms with Crippen LogP contribution in [0.15, 0.2) is 83.8 Å². The molecule has 0 bridgehead atoms. The summed E-state index contributed by atoms with van der Waals surface area (Å²) in [7, 11) is -4.26. The van der Waals surface area contributed by atoms with E-state index in [-0.39, 0.29) is 6.42 Å². The molecule has 0 saturated heterocycles. The lowest BCUT2D eigenvalue weighted by Crippen LogP contribution is -2.48. The van der Waals surface area contributed by atoms with E-state index in [0.717, 1.165) is 23.3 Å². The summed E-state index contributed by atoms with van der Waals surface area (Å²) in [4.78, 5) is 12.4. The average Bonchev–Trinajstić information content (AvgIpc) is 2.84. The number of rotatable bonds is 11. The van der Waals surface area contributed by atoms with Crippen molar-refractivity contribution >= 4 is 27.7 Å². The number of sulfonamides is 1. The zero-order valence-corrected chi connectivity index (χ0v) is 19.9. The van der Waals surface area contributed by atoms with Crippen LogP contribution < -0.4 is 10.0 Å². The number of hydrogen-bond acceptors (Lipinski definition) is 5. The molecule has 0 saturated carbocycles. The Bertz CT molecular complexity index is 1260. The van der Waals surface area contributed by atoms with E-state index in [1.807, 2.05) is 24.3 Å². The van der Waals surface area contributed by atoms with E-state index in [0.29, 0.717) is 23.6 Å². The SMILES string of the molecule is N#Cc1ccccc1CSCCNC(=O)C(Cc1ccccc1)NS(=O)(=O)c1ccccc1F. The van der Waals surface area contributed by atoms with Crippen LogP contribution in [0.5, 0.6) is 0 Å². The summed E-state index contributed by atoms with van der Waals surface area (Å²) in [5, 5.41) is 11.9. The average molecular weight is 498 g/mol. The van der Waals surface area contributed by atoms with Crippen LogP contribution in [-0.4, -0.2) is 32.7 Å². The van der Waals surface area contributed by atoms with Gasteiger partial charge in [0.25, 0.3) is 0 Å². The highest BCUT2D eigenvalue weighted by molar-refractivity contribution is 7.98. The normalized spacial score (nSPS) is 12.0. The molecule has 9 heteroatoms. The van der Waals surface area contributed by atoms with E-state index >= 15 is 0 Å². The van der Waals surface area contributed by atoms with E-state index in [1.165, 1.54) is 12.1 Å². The van der Waals surface area contributed by atoms with Gasteiger partial charge in [0, 0.05) is 18.1 Å². The Hall–Kier alpha value is -3.19. The van der Waals surface area contributed by atoms with Gasteiger partial charge in [-0.1, -0.05) is 60.7 Å². The monoisotopic (exact) mass is 497 g/mol. The number of halogens is 1. The van der Waals surface area contributed by atoms with E-state index in [1.54, 1.807) is 42.1 Å². The zero-order valence-electron chi connectivity index (χ0n) is 18.3. The molecular formula is C25H24FN3O3S2. The van der Waals surface area contributed by atoms with Crippen LogP contribution in [-0.2, 0) is 27.0 Å². The van der Waals surface area contributed by atoms with Gasteiger partial charge in [-0.05, 0) is 35.7 Å². The third-order valence-electron chi connectivity index (χ3n) is 4.96.